The van der Waals surface area contributed by atoms with Crippen LogP contribution in [0.15, 0.2) is 137 Å². The largest absolute Gasteiger partial charge is 0.352 e. The molecule has 0 bridgehead atoms. The highest BCUT2D eigenvalue weighted by atomic mass is 79.9. The molecule has 12 heteroatoms. The second-order valence-electron chi connectivity index (χ2n) is 9.39. The number of benzene rings is 4. The fourth-order valence-electron chi connectivity index (χ4n) is 4.44. The monoisotopic (exact) mass is 728 g/mol. The van der Waals surface area contributed by atoms with Crippen LogP contribution in [0.4, 0.5) is 0 Å². The fourth-order valence-corrected chi connectivity index (χ4v) is 7.03. The molecule has 5 rings (SSSR count). The van der Waals surface area contributed by atoms with Gasteiger partial charge in [0.2, 0.25) is 0 Å². The first-order chi connectivity index (χ1) is 20.1. The Morgan fingerprint density at radius 1 is 0.500 bits per heavy atom. The topological polar surface area (TPSA) is 99.5 Å². The average Bonchev–Trinajstić information content (AvgIpc) is 3.00. The number of amidine groups is 2. The van der Waals surface area contributed by atoms with Crippen molar-refractivity contribution in [3.8, 4) is 0 Å². The smallest absolute Gasteiger partial charge is 0.284 e. The lowest BCUT2D eigenvalue weighted by Crippen LogP contribution is -2.51. The van der Waals surface area contributed by atoms with E-state index in [-0.39, 0.29) is 9.79 Å². The molecule has 1 aliphatic heterocycles. The number of halogens is 2. The normalized spacial score (nSPS) is 15.1. The van der Waals surface area contributed by atoms with Crippen LogP contribution >= 0.6 is 31.9 Å². The van der Waals surface area contributed by atoms with Crippen LogP contribution in [-0.2, 0) is 20.0 Å². The third kappa shape index (κ3) is 7.17. The maximum Gasteiger partial charge on any atom is 0.284 e. The molecule has 0 spiro atoms. The van der Waals surface area contributed by atoms with Gasteiger partial charge in [0.25, 0.3) is 20.0 Å². The molecule has 8 nitrogen and oxygen atoms in total. The molecular formula is C30H26Br2N4O4S2. The van der Waals surface area contributed by atoms with Gasteiger partial charge in [0.15, 0.2) is 0 Å². The number of hydrogen-bond acceptors (Lipinski definition) is 4. The van der Waals surface area contributed by atoms with Crippen molar-refractivity contribution in [2.75, 3.05) is 26.2 Å². The lowest BCUT2D eigenvalue weighted by molar-refractivity contribution is 0.260. The molecule has 0 saturated carbocycles. The van der Waals surface area contributed by atoms with E-state index in [2.05, 4.69) is 40.7 Å². The fraction of sp³-hybridized carbons (Fsp3) is 0.133. The maximum absolute atomic E-state index is 13.3. The average molecular weight is 731 g/mol. The van der Waals surface area contributed by atoms with Crippen LogP contribution in [0.1, 0.15) is 11.1 Å². The Balaban J connectivity index is 1.46. The molecule has 1 saturated heterocycles. The van der Waals surface area contributed by atoms with Crippen LogP contribution in [-0.4, -0.2) is 64.5 Å². The van der Waals surface area contributed by atoms with Gasteiger partial charge in [-0.3, -0.25) is 0 Å². The molecule has 0 aromatic heterocycles. The summed E-state index contributed by atoms with van der Waals surface area (Å²) in [5.74, 6) is 0.665. The Kier molecular flexibility index (Phi) is 9.26. The van der Waals surface area contributed by atoms with Gasteiger partial charge >= 0.3 is 0 Å². The van der Waals surface area contributed by atoms with Crippen LogP contribution in [0.2, 0.25) is 0 Å². The van der Waals surface area contributed by atoms with Crippen molar-refractivity contribution in [3.63, 3.8) is 0 Å². The predicted molar refractivity (Wildman–Crippen MR) is 172 cm³/mol. The molecule has 0 aliphatic carbocycles. The molecule has 1 heterocycles. The number of piperazine rings is 1. The standard InChI is InChI=1S/C30H26Br2N4O4S2/c31-25-11-15-27(16-12-25)41(37,38)33-29(23-7-3-1-4-8-23)35-19-21-36(22-20-35)30(24-9-5-2-6-10-24)34-42(39,40)28-17-13-26(32)14-18-28/h1-18H,19-22H2. The summed E-state index contributed by atoms with van der Waals surface area (Å²) in [5.41, 5.74) is 1.34. The lowest BCUT2D eigenvalue weighted by Gasteiger charge is -2.38. The van der Waals surface area contributed by atoms with E-state index >= 15 is 0 Å². The van der Waals surface area contributed by atoms with Gasteiger partial charge in [-0.2, -0.15) is 16.8 Å². The van der Waals surface area contributed by atoms with E-state index in [0.717, 1.165) is 8.95 Å². The third-order valence-corrected chi connectivity index (χ3v) is 10.2. The first-order valence-corrected chi connectivity index (χ1v) is 17.4. The number of rotatable bonds is 6. The molecular weight excluding hydrogens is 704 g/mol. The summed E-state index contributed by atoms with van der Waals surface area (Å²) in [6.45, 7) is 1.59. The quantitative estimate of drug-likeness (QED) is 0.184. The minimum Gasteiger partial charge on any atom is -0.352 e. The van der Waals surface area contributed by atoms with Crippen molar-refractivity contribution in [3.05, 3.63) is 129 Å². The Bertz CT molecular complexity index is 1670. The number of sulfonamides is 2. The summed E-state index contributed by atoms with van der Waals surface area (Å²) in [6, 6.07) is 31.0. The highest BCUT2D eigenvalue weighted by Gasteiger charge is 2.27. The first kappa shape index (κ1) is 30.1. The molecule has 0 unspecified atom stereocenters. The number of hydrogen-bond donors (Lipinski definition) is 0. The van der Waals surface area contributed by atoms with Crippen molar-refractivity contribution in [1.82, 2.24) is 9.80 Å². The second kappa shape index (κ2) is 12.9. The van der Waals surface area contributed by atoms with Gasteiger partial charge in [0.05, 0.1) is 9.79 Å². The zero-order valence-electron chi connectivity index (χ0n) is 22.2. The molecule has 0 radical (unpaired) electrons. The Hall–Kier alpha value is -3.32. The van der Waals surface area contributed by atoms with Gasteiger partial charge in [-0.1, -0.05) is 92.5 Å². The van der Waals surface area contributed by atoms with E-state index < -0.39 is 20.0 Å². The predicted octanol–water partition coefficient (Wildman–Crippen LogP) is 5.80. The summed E-state index contributed by atoms with van der Waals surface area (Å²) < 4.78 is 63.4. The molecule has 4 aromatic carbocycles. The van der Waals surface area contributed by atoms with E-state index in [9.17, 15) is 16.8 Å². The zero-order chi connectivity index (χ0) is 29.7. The second-order valence-corrected chi connectivity index (χ2v) is 14.4. The van der Waals surface area contributed by atoms with Crippen LogP contribution in [0.5, 0.6) is 0 Å². The van der Waals surface area contributed by atoms with Crippen molar-refractivity contribution >= 4 is 63.6 Å². The van der Waals surface area contributed by atoms with Gasteiger partial charge < -0.3 is 9.80 Å². The Labute approximate surface area is 262 Å². The molecule has 42 heavy (non-hydrogen) atoms. The molecule has 0 N–H and O–H groups in total. The van der Waals surface area contributed by atoms with Crippen molar-refractivity contribution < 1.29 is 16.8 Å². The Morgan fingerprint density at radius 3 is 1.12 bits per heavy atom. The van der Waals surface area contributed by atoms with Gasteiger partial charge in [-0.25, -0.2) is 0 Å². The summed E-state index contributed by atoms with van der Waals surface area (Å²) >= 11 is 6.68. The van der Waals surface area contributed by atoms with Crippen molar-refractivity contribution in [2.24, 2.45) is 8.80 Å². The summed E-state index contributed by atoms with van der Waals surface area (Å²) in [7, 11) is -8.00. The Morgan fingerprint density at radius 2 is 0.810 bits per heavy atom. The van der Waals surface area contributed by atoms with Gasteiger partial charge in [0, 0.05) is 46.3 Å². The molecule has 216 valence electrons. The van der Waals surface area contributed by atoms with Gasteiger partial charge in [0.1, 0.15) is 11.7 Å². The molecule has 1 fully saturated rings. The van der Waals surface area contributed by atoms with Crippen molar-refractivity contribution in [1.29, 1.82) is 0 Å². The van der Waals surface area contributed by atoms with E-state index in [1.165, 1.54) is 24.3 Å². The maximum atomic E-state index is 13.3. The summed E-state index contributed by atoms with van der Waals surface area (Å²) in [5, 5.41) is 0. The number of nitrogens with zero attached hydrogens (tertiary/aromatic N) is 4. The van der Waals surface area contributed by atoms with Crippen LogP contribution < -0.4 is 0 Å². The third-order valence-electron chi connectivity index (χ3n) is 6.58. The summed E-state index contributed by atoms with van der Waals surface area (Å²) in [4.78, 5) is 4.01. The minimum absolute atomic E-state index is 0.0920. The van der Waals surface area contributed by atoms with E-state index in [0.29, 0.717) is 49.0 Å². The van der Waals surface area contributed by atoms with Crippen LogP contribution in [0.3, 0.4) is 0 Å². The van der Waals surface area contributed by atoms with Crippen LogP contribution in [0, 0.1) is 0 Å². The zero-order valence-corrected chi connectivity index (χ0v) is 27.0. The molecule has 1 aliphatic rings. The van der Waals surface area contributed by atoms with E-state index in [4.69, 9.17) is 0 Å². The van der Waals surface area contributed by atoms with Gasteiger partial charge in [-0.05, 0) is 48.5 Å². The lowest BCUT2D eigenvalue weighted by atomic mass is 10.1. The molecule has 4 aromatic rings. The molecule has 0 amide bonds. The van der Waals surface area contributed by atoms with E-state index in [1.807, 2.05) is 70.5 Å². The SMILES string of the molecule is O=S(=O)(N=C(c1ccccc1)N1CCN(C(=NS(=O)(=O)c2ccc(Br)cc2)c2ccccc2)CC1)c1ccc(Br)cc1. The van der Waals surface area contributed by atoms with E-state index in [1.54, 1.807) is 24.3 Å². The highest BCUT2D eigenvalue weighted by molar-refractivity contribution is 9.10. The first-order valence-electron chi connectivity index (χ1n) is 12.9. The highest BCUT2D eigenvalue weighted by Crippen LogP contribution is 2.22. The van der Waals surface area contributed by atoms with Gasteiger partial charge in [-0.15, -0.1) is 8.80 Å². The minimum atomic E-state index is -4.00. The van der Waals surface area contributed by atoms with Crippen molar-refractivity contribution in [2.45, 2.75) is 9.79 Å². The summed E-state index contributed by atoms with van der Waals surface area (Å²) in [6.07, 6.45) is 0. The van der Waals surface area contributed by atoms with Crippen LogP contribution in [0.25, 0.3) is 0 Å². The molecule has 0 atom stereocenters.